The summed E-state index contributed by atoms with van der Waals surface area (Å²) in [4.78, 5) is 13.1. The van der Waals surface area contributed by atoms with Crippen LogP contribution in [0.1, 0.15) is 23.6 Å². The average molecular weight is 331 g/mol. The molecule has 6 nitrogen and oxygen atoms in total. The van der Waals surface area contributed by atoms with Gasteiger partial charge in [-0.3, -0.25) is 0 Å². The molecule has 1 aliphatic heterocycles. The van der Waals surface area contributed by atoms with Crippen LogP contribution >= 0.6 is 11.8 Å². The van der Waals surface area contributed by atoms with Gasteiger partial charge in [-0.2, -0.15) is 0 Å². The van der Waals surface area contributed by atoms with Gasteiger partial charge in [-0.15, -0.1) is 22.0 Å². The van der Waals surface area contributed by atoms with E-state index < -0.39 is 0 Å². The molecule has 2 heterocycles. The number of aromatic nitrogens is 3. The van der Waals surface area contributed by atoms with Crippen LogP contribution in [0.5, 0.6) is 0 Å². The Bertz CT molecular complexity index is 668. The number of fused-ring (bicyclic) bond motifs is 1. The van der Waals surface area contributed by atoms with Crippen LogP contribution in [0, 0.1) is 0 Å². The van der Waals surface area contributed by atoms with Crippen LogP contribution in [-0.4, -0.2) is 33.6 Å². The molecule has 2 amide bonds. The maximum Gasteiger partial charge on any atom is 0.315 e. The molecule has 7 heteroatoms. The zero-order chi connectivity index (χ0) is 16.1. The van der Waals surface area contributed by atoms with E-state index in [9.17, 15) is 4.79 Å². The molecular formula is C16H21N5OS. The molecule has 0 bridgehead atoms. The van der Waals surface area contributed by atoms with Crippen LogP contribution in [0.2, 0.25) is 0 Å². The third kappa shape index (κ3) is 4.04. The van der Waals surface area contributed by atoms with Gasteiger partial charge >= 0.3 is 6.03 Å². The highest BCUT2D eigenvalue weighted by Crippen LogP contribution is 2.15. The van der Waals surface area contributed by atoms with E-state index in [1.54, 1.807) is 11.8 Å². The molecule has 1 aromatic heterocycles. The quantitative estimate of drug-likeness (QED) is 0.794. The summed E-state index contributed by atoms with van der Waals surface area (Å²) < 4.78 is 2.16. The Labute approximate surface area is 140 Å². The van der Waals surface area contributed by atoms with Crippen molar-refractivity contribution in [1.82, 2.24) is 25.4 Å². The minimum absolute atomic E-state index is 0.153. The third-order valence-electron chi connectivity index (χ3n) is 3.93. The smallest absolute Gasteiger partial charge is 0.315 e. The lowest BCUT2D eigenvalue weighted by molar-refractivity contribution is 0.240. The van der Waals surface area contributed by atoms with Gasteiger partial charge < -0.3 is 15.2 Å². The van der Waals surface area contributed by atoms with Gasteiger partial charge in [0.15, 0.2) is 0 Å². The molecular weight excluding hydrogens is 310 g/mol. The van der Waals surface area contributed by atoms with E-state index >= 15 is 0 Å². The van der Waals surface area contributed by atoms with Gasteiger partial charge in [-0.1, -0.05) is 12.1 Å². The monoisotopic (exact) mass is 331 g/mol. The van der Waals surface area contributed by atoms with Gasteiger partial charge in [0.1, 0.15) is 11.6 Å². The minimum atomic E-state index is -0.153. The van der Waals surface area contributed by atoms with Crippen LogP contribution < -0.4 is 10.6 Å². The van der Waals surface area contributed by atoms with Gasteiger partial charge in [0.25, 0.3) is 0 Å². The summed E-state index contributed by atoms with van der Waals surface area (Å²) in [6, 6.07) is 8.04. The normalized spacial score (nSPS) is 12.9. The summed E-state index contributed by atoms with van der Waals surface area (Å²) in [6.45, 7) is 2.09. The lowest BCUT2D eigenvalue weighted by Gasteiger charge is -2.08. The van der Waals surface area contributed by atoms with Crippen molar-refractivity contribution >= 4 is 17.8 Å². The Morgan fingerprint density at radius 1 is 1.26 bits per heavy atom. The van der Waals surface area contributed by atoms with Crippen molar-refractivity contribution in [2.24, 2.45) is 0 Å². The van der Waals surface area contributed by atoms with E-state index in [0.717, 1.165) is 36.6 Å². The molecule has 23 heavy (non-hydrogen) atoms. The lowest BCUT2D eigenvalue weighted by atomic mass is 10.2. The Kier molecular flexibility index (Phi) is 5.17. The van der Waals surface area contributed by atoms with Crippen LogP contribution in [0.25, 0.3) is 0 Å². The van der Waals surface area contributed by atoms with Crippen LogP contribution in [0.15, 0.2) is 29.2 Å². The molecule has 0 aliphatic carbocycles. The fourth-order valence-electron chi connectivity index (χ4n) is 2.67. The van der Waals surface area contributed by atoms with Crippen molar-refractivity contribution in [3.05, 3.63) is 41.5 Å². The number of urea groups is 1. The second kappa shape index (κ2) is 7.50. The topological polar surface area (TPSA) is 71.8 Å². The number of hydrogen-bond acceptors (Lipinski definition) is 4. The summed E-state index contributed by atoms with van der Waals surface area (Å²) >= 11 is 1.71. The van der Waals surface area contributed by atoms with E-state index in [1.165, 1.54) is 4.90 Å². The number of benzene rings is 1. The molecule has 3 rings (SSSR count). The number of thioether (sulfide) groups is 1. The molecule has 0 saturated carbocycles. The van der Waals surface area contributed by atoms with Crippen molar-refractivity contribution in [1.29, 1.82) is 0 Å². The van der Waals surface area contributed by atoms with Crippen LogP contribution in [0.4, 0.5) is 4.79 Å². The zero-order valence-corrected chi connectivity index (χ0v) is 14.0. The molecule has 0 spiro atoms. The lowest BCUT2D eigenvalue weighted by Crippen LogP contribution is -2.36. The third-order valence-corrected chi connectivity index (χ3v) is 4.68. The fraction of sp³-hybridized carbons (Fsp3) is 0.438. The number of hydrogen-bond donors (Lipinski definition) is 2. The number of carbonyl (C=O) groups excluding carboxylic acids is 1. The van der Waals surface area contributed by atoms with Crippen molar-refractivity contribution in [2.45, 2.75) is 37.2 Å². The van der Waals surface area contributed by atoms with E-state index in [2.05, 4.69) is 37.5 Å². The molecule has 0 saturated heterocycles. The fourth-order valence-corrected chi connectivity index (χ4v) is 3.08. The number of amides is 2. The van der Waals surface area contributed by atoms with Gasteiger partial charge in [0.05, 0.1) is 0 Å². The van der Waals surface area contributed by atoms with Crippen LogP contribution in [0.3, 0.4) is 0 Å². The Balaban J connectivity index is 1.39. The molecule has 1 aliphatic rings. The highest BCUT2D eigenvalue weighted by molar-refractivity contribution is 7.98. The number of nitrogens with one attached hydrogen (secondary N) is 2. The van der Waals surface area contributed by atoms with E-state index in [-0.39, 0.29) is 6.03 Å². The molecule has 0 atom stereocenters. The standard InChI is InChI=1S/C16H21N5OS/c1-23-13-6-4-12(5-7-13)11-18-16(22)17-9-8-15-20-19-14-3-2-10-21(14)15/h4-7H,2-3,8-11H2,1H3,(H2,17,18,22). The predicted molar refractivity (Wildman–Crippen MR) is 90.5 cm³/mol. The van der Waals surface area contributed by atoms with Crippen LogP contribution in [-0.2, 0) is 25.9 Å². The van der Waals surface area contributed by atoms with Crippen molar-refractivity contribution < 1.29 is 4.79 Å². The number of carbonyl (C=O) groups is 1. The van der Waals surface area contributed by atoms with Crippen molar-refractivity contribution in [3.8, 4) is 0 Å². The highest BCUT2D eigenvalue weighted by Gasteiger charge is 2.16. The Morgan fingerprint density at radius 2 is 2.09 bits per heavy atom. The molecule has 0 fully saturated rings. The first-order valence-corrected chi connectivity index (χ1v) is 9.04. The van der Waals surface area contributed by atoms with Crippen molar-refractivity contribution in [3.63, 3.8) is 0 Å². The van der Waals surface area contributed by atoms with Gasteiger partial charge in [-0.05, 0) is 30.4 Å². The number of aryl methyl sites for hydroxylation is 1. The summed E-state index contributed by atoms with van der Waals surface area (Å²) in [5, 5.41) is 14.1. The highest BCUT2D eigenvalue weighted by atomic mass is 32.2. The van der Waals surface area contributed by atoms with E-state index in [0.29, 0.717) is 19.5 Å². The molecule has 122 valence electrons. The summed E-state index contributed by atoms with van der Waals surface area (Å²) in [6.07, 6.45) is 4.91. The SMILES string of the molecule is CSc1ccc(CNC(=O)NCCc2nnc3n2CCC3)cc1. The second-order valence-electron chi connectivity index (χ2n) is 5.50. The minimum Gasteiger partial charge on any atom is -0.338 e. The second-order valence-corrected chi connectivity index (χ2v) is 6.37. The first-order chi connectivity index (χ1) is 11.3. The first-order valence-electron chi connectivity index (χ1n) is 7.82. The zero-order valence-electron chi connectivity index (χ0n) is 13.2. The first kappa shape index (κ1) is 15.9. The molecule has 0 unspecified atom stereocenters. The number of rotatable bonds is 6. The maximum absolute atomic E-state index is 11.8. The summed E-state index contributed by atoms with van der Waals surface area (Å²) in [5.74, 6) is 2.03. The molecule has 0 radical (unpaired) electrons. The predicted octanol–water partition coefficient (Wildman–Crippen LogP) is 1.99. The van der Waals surface area contributed by atoms with E-state index in [4.69, 9.17) is 0 Å². The Morgan fingerprint density at radius 3 is 2.87 bits per heavy atom. The largest absolute Gasteiger partial charge is 0.338 e. The number of nitrogens with zero attached hydrogens (tertiary/aromatic N) is 3. The van der Waals surface area contributed by atoms with Gasteiger partial charge in [0, 0.05) is 37.4 Å². The molecule has 2 aromatic rings. The van der Waals surface area contributed by atoms with Gasteiger partial charge in [-0.25, -0.2) is 4.79 Å². The van der Waals surface area contributed by atoms with E-state index in [1.807, 2.05) is 18.4 Å². The molecule has 2 N–H and O–H groups in total. The average Bonchev–Trinajstić information content (AvgIpc) is 3.18. The summed E-state index contributed by atoms with van der Waals surface area (Å²) in [7, 11) is 0. The van der Waals surface area contributed by atoms with Gasteiger partial charge in [0.2, 0.25) is 0 Å². The maximum atomic E-state index is 11.8. The van der Waals surface area contributed by atoms with Crippen molar-refractivity contribution in [2.75, 3.05) is 12.8 Å². The Hall–Kier alpha value is -2.02. The molecule has 1 aromatic carbocycles. The summed E-state index contributed by atoms with van der Waals surface area (Å²) in [5.41, 5.74) is 1.09.